The topological polar surface area (TPSA) is 91.3 Å². The highest BCUT2D eigenvalue weighted by Crippen LogP contribution is 2.33. The molecule has 0 fully saturated rings. The van der Waals surface area contributed by atoms with E-state index in [0.717, 1.165) is 0 Å². The molecule has 0 saturated carbocycles. The van der Waals surface area contributed by atoms with E-state index >= 15 is 0 Å². The number of aromatic carboxylic acids is 1. The van der Waals surface area contributed by atoms with E-state index in [1.165, 1.54) is 36.4 Å². The van der Waals surface area contributed by atoms with Crippen molar-refractivity contribution in [2.75, 3.05) is 0 Å². The fraction of sp³-hybridized carbons (Fsp3) is 0. The predicted octanol–water partition coefficient (Wildman–Crippen LogP) is 1.99. The molecule has 0 heterocycles. The molecule has 3 aromatic carbocycles. The number of carbonyl (C=O) groups excluding carboxylic acids is 3. The van der Waals surface area contributed by atoms with Crippen LogP contribution in [0.4, 0.5) is 0 Å². The second-order valence-corrected chi connectivity index (χ2v) is 7.35. The zero-order valence-corrected chi connectivity index (χ0v) is 14.6. The van der Waals surface area contributed by atoms with Crippen LogP contribution in [0, 0.1) is 0 Å². The second kappa shape index (κ2) is 6.41. The highest BCUT2D eigenvalue weighted by atomic mass is 32.2. The fourth-order valence-corrected chi connectivity index (χ4v) is 4.56. The van der Waals surface area contributed by atoms with Gasteiger partial charge in [-0.1, -0.05) is 54.6 Å². The molecule has 0 amide bonds. The van der Waals surface area contributed by atoms with E-state index in [0.29, 0.717) is 5.56 Å². The highest BCUT2D eigenvalue weighted by Gasteiger charge is 2.33. The van der Waals surface area contributed by atoms with E-state index in [2.05, 4.69) is 0 Å². The van der Waals surface area contributed by atoms with Crippen LogP contribution >= 0.6 is 0 Å². The van der Waals surface area contributed by atoms with Gasteiger partial charge < -0.3 is 9.90 Å². The molecule has 1 aliphatic carbocycles. The molecule has 3 aromatic rings. The molecule has 1 aliphatic rings. The van der Waals surface area contributed by atoms with Gasteiger partial charge in [0.05, 0.1) is 32.1 Å². The Balaban J connectivity index is 1.94. The summed E-state index contributed by atoms with van der Waals surface area (Å²) in [5, 5.41) is 11.4. The zero-order valence-electron chi connectivity index (χ0n) is 13.8. The maximum atomic E-state index is 13.2. The molecular weight excluding hydrogens is 364 g/mol. The van der Waals surface area contributed by atoms with Gasteiger partial charge in [-0.15, -0.1) is 0 Å². The number of carboxylic acid groups (broad SMARTS) is 1. The van der Waals surface area contributed by atoms with Gasteiger partial charge in [0.1, 0.15) is 0 Å². The predicted molar refractivity (Wildman–Crippen MR) is 95.2 cm³/mol. The zero-order chi connectivity index (χ0) is 19.1. The number of carbonyl (C=O) groups is 3. The average molecular weight is 375 g/mol. The number of ketones is 2. The summed E-state index contributed by atoms with van der Waals surface area (Å²) in [6, 6.07) is 16.7. The van der Waals surface area contributed by atoms with Crippen molar-refractivity contribution in [1.82, 2.24) is 0 Å². The van der Waals surface area contributed by atoms with E-state index in [1.54, 1.807) is 30.3 Å². The van der Waals surface area contributed by atoms with Gasteiger partial charge in [-0.05, 0) is 12.1 Å². The molecule has 0 radical (unpaired) electrons. The molecule has 6 heteroatoms. The van der Waals surface area contributed by atoms with Crippen LogP contribution in [-0.2, 0) is 10.8 Å². The third kappa shape index (κ3) is 2.62. The third-order valence-electron chi connectivity index (χ3n) is 4.42. The fourth-order valence-electron chi connectivity index (χ4n) is 3.18. The van der Waals surface area contributed by atoms with Crippen LogP contribution in [0.15, 0.2) is 76.5 Å². The van der Waals surface area contributed by atoms with Crippen LogP contribution < -0.4 is 5.11 Å². The lowest BCUT2D eigenvalue weighted by Gasteiger charge is -2.20. The molecule has 0 aliphatic heterocycles. The van der Waals surface area contributed by atoms with Gasteiger partial charge in [-0.25, -0.2) is 4.21 Å². The van der Waals surface area contributed by atoms with Crippen LogP contribution in [-0.4, -0.2) is 21.7 Å². The number of fused-ring (bicyclic) bond motifs is 2. The minimum atomic E-state index is -1.97. The maximum Gasteiger partial charge on any atom is 0.195 e. The van der Waals surface area contributed by atoms with Crippen molar-refractivity contribution >= 4 is 28.3 Å². The van der Waals surface area contributed by atoms with E-state index in [-0.39, 0.29) is 37.8 Å². The van der Waals surface area contributed by atoms with Crippen molar-refractivity contribution in [2.45, 2.75) is 9.79 Å². The summed E-state index contributed by atoms with van der Waals surface area (Å²) in [5.41, 5.74) is 0.535. The molecule has 1 atom stereocenters. The van der Waals surface area contributed by atoms with Crippen LogP contribution in [0.3, 0.4) is 0 Å². The van der Waals surface area contributed by atoms with Crippen molar-refractivity contribution in [3.05, 3.63) is 94.5 Å². The molecule has 132 valence electrons. The third-order valence-corrected chi connectivity index (χ3v) is 5.92. The number of rotatable bonds is 3. The lowest BCUT2D eigenvalue weighted by molar-refractivity contribution is -0.255. The first-order chi connectivity index (χ1) is 13.0. The van der Waals surface area contributed by atoms with Crippen molar-refractivity contribution in [2.24, 2.45) is 0 Å². The largest absolute Gasteiger partial charge is 0.545 e. The molecule has 5 nitrogen and oxygen atoms in total. The van der Waals surface area contributed by atoms with E-state index in [4.69, 9.17) is 0 Å². The number of benzene rings is 3. The second-order valence-electron chi connectivity index (χ2n) is 5.93. The Bertz CT molecular complexity index is 1160. The summed E-state index contributed by atoms with van der Waals surface area (Å²) in [6.07, 6.45) is 0. The van der Waals surface area contributed by atoms with Crippen molar-refractivity contribution < 1.29 is 23.7 Å². The maximum absolute atomic E-state index is 13.2. The smallest absolute Gasteiger partial charge is 0.195 e. The van der Waals surface area contributed by atoms with Gasteiger partial charge in [0.15, 0.2) is 11.6 Å². The van der Waals surface area contributed by atoms with Crippen molar-refractivity contribution in [3.63, 3.8) is 0 Å². The van der Waals surface area contributed by atoms with E-state index < -0.39 is 22.6 Å². The first-order valence-corrected chi connectivity index (χ1v) is 9.19. The Morgan fingerprint density at radius 2 is 1.26 bits per heavy atom. The Labute approximate surface area is 156 Å². The van der Waals surface area contributed by atoms with Gasteiger partial charge in [0.25, 0.3) is 0 Å². The lowest BCUT2D eigenvalue weighted by Crippen LogP contribution is -2.25. The summed E-state index contributed by atoms with van der Waals surface area (Å²) in [6.45, 7) is 0. The standard InChI is InChI=1S/C21H12O5S/c22-19-12-6-1-2-7-13(12)20(23)18-15(19)9-5-11-17(18)27(26)16-10-4-3-8-14(16)21(24)25/h1-11H,(H,24,25)/p-1/t27-/m1/s1. The van der Waals surface area contributed by atoms with Gasteiger partial charge in [0, 0.05) is 22.3 Å². The normalized spacial score (nSPS) is 13.6. The molecule has 4 rings (SSSR count). The summed E-state index contributed by atoms with van der Waals surface area (Å²) < 4.78 is 13.2. The first-order valence-electron chi connectivity index (χ1n) is 8.04. The average Bonchev–Trinajstić information content (AvgIpc) is 2.71. The minimum absolute atomic E-state index is 0.0185. The summed E-state index contributed by atoms with van der Waals surface area (Å²) in [5.74, 6) is -2.20. The number of hydrogen-bond donors (Lipinski definition) is 0. The van der Waals surface area contributed by atoms with Crippen LogP contribution in [0.25, 0.3) is 0 Å². The molecular formula is C21H11O5S-. The van der Waals surface area contributed by atoms with Crippen LogP contribution in [0.5, 0.6) is 0 Å². The SMILES string of the molecule is O=C([O-])c1ccccc1[S@@](=O)c1cccc2c1C(=O)c1ccccc1C2=O. The first kappa shape index (κ1) is 17.1. The molecule has 0 spiro atoms. The number of carboxylic acids is 1. The van der Waals surface area contributed by atoms with Gasteiger partial charge >= 0.3 is 0 Å². The molecule has 0 bridgehead atoms. The van der Waals surface area contributed by atoms with Gasteiger partial charge in [-0.2, -0.15) is 0 Å². The summed E-state index contributed by atoms with van der Waals surface area (Å²) in [7, 11) is -1.97. The highest BCUT2D eigenvalue weighted by molar-refractivity contribution is 7.85. The number of hydrogen-bond acceptors (Lipinski definition) is 5. The molecule has 0 aromatic heterocycles. The van der Waals surface area contributed by atoms with Gasteiger partial charge in [-0.3, -0.25) is 9.59 Å². The minimum Gasteiger partial charge on any atom is -0.545 e. The van der Waals surface area contributed by atoms with Crippen LogP contribution in [0.2, 0.25) is 0 Å². The quantitative estimate of drug-likeness (QED) is 0.546. The summed E-state index contributed by atoms with van der Waals surface area (Å²) in [4.78, 5) is 37.3. The van der Waals surface area contributed by atoms with Crippen molar-refractivity contribution in [1.29, 1.82) is 0 Å². The molecule has 0 N–H and O–H groups in total. The van der Waals surface area contributed by atoms with Crippen molar-refractivity contribution in [3.8, 4) is 0 Å². The Hall–Kier alpha value is -3.38. The Kier molecular flexibility index (Phi) is 4.05. The molecule has 0 unspecified atom stereocenters. The molecule has 0 saturated heterocycles. The Morgan fingerprint density at radius 1 is 0.704 bits per heavy atom. The van der Waals surface area contributed by atoms with Gasteiger partial charge in [0.2, 0.25) is 0 Å². The monoisotopic (exact) mass is 375 g/mol. The Morgan fingerprint density at radius 3 is 1.96 bits per heavy atom. The van der Waals surface area contributed by atoms with Crippen LogP contribution in [0.1, 0.15) is 42.2 Å². The van der Waals surface area contributed by atoms with E-state index in [1.807, 2.05) is 0 Å². The lowest BCUT2D eigenvalue weighted by atomic mass is 9.84. The molecule has 27 heavy (non-hydrogen) atoms. The van der Waals surface area contributed by atoms with E-state index in [9.17, 15) is 23.7 Å². The summed E-state index contributed by atoms with van der Waals surface area (Å²) >= 11 is 0.